The molecule has 2 heterocycles. The Balaban J connectivity index is 2.14. The van der Waals surface area contributed by atoms with E-state index < -0.39 is 12.0 Å². The van der Waals surface area contributed by atoms with Crippen LogP contribution in [0.3, 0.4) is 0 Å². The van der Waals surface area contributed by atoms with Crippen LogP contribution in [0.1, 0.15) is 5.82 Å². The molecule has 0 N–H and O–H groups in total. The number of hydrogen-bond donors (Lipinski definition) is 0. The van der Waals surface area contributed by atoms with Gasteiger partial charge >= 0.3 is 6.18 Å². The molecule has 0 bridgehead atoms. The fourth-order valence-corrected chi connectivity index (χ4v) is 2.83. The molecule has 22 heavy (non-hydrogen) atoms. The first-order chi connectivity index (χ1) is 10.3. The van der Waals surface area contributed by atoms with Gasteiger partial charge in [0.25, 0.3) is 0 Å². The molecule has 1 fully saturated rings. The summed E-state index contributed by atoms with van der Waals surface area (Å²) in [7, 11) is 1.99. The summed E-state index contributed by atoms with van der Waals surface area (Å²) in [6.07, 6.45) is -4.55. The lowest BCUT2D eigenvalue weighted by atomic mass is 10.2. The summed E-state index contributed by atoms with van der Waals surface area (Å²) in [5.41, 5.74) is 0.305. The molecule has 1 aliphatic rings. The van der Waals surface area contributed by atoms with Crippen molar-refractivity contribution in [2.45, 2.75) is 6.18 Å². The molecule has 0 saturated carbocycles. The number of alkyl halides is 3. The number of aromatic nitrogens is 2. The molecule has 8 heteroatoms. The van der Waals surface area contributed by atoms with Gasteiger partial charge in [-0.15, -0.1) is 0 Å². The number of anilines is 1. The molecule has 2 aromatic rings. The molecule has 0 amide bonds. The van der Waals surface area contributed by atoms with Gasteiger partial charge in [-0.05, 0) is 25.2 Å². The monoisotopic (exact) mass is 374 g/mol. The van der Waals surface area contributed by atoms with Gasteiger partial charge in [-0.2, -0.15) is 13.2 Å². The number of fused-ring (bicyclic) bond motifs is 1. The molecule has 1 aliphatic heterocycles. The topological polar surface area (TPSA) is 32.3 Å². The van der Waals surface area contributed by atoms with Crippen LogP contribution in [0.4, 0.5) is 19.0 Å². The van der Waals surface area contributed by atoms with Gasteiger partial charge in [-0.3, -0.25) is 0 Å². The second-order valence-electron chi connectivity index (χ2n) is 5.32. The quantitative estimate of drug-likeness (QED) is 0.767. The van der Waals surface area contributed by atoms with Crippen molar-refractivity contribution in [3.8, 4) is 0 Å². The van der Waals surface area contributed by atoms with Crippen molar-refractivity contribution < 1.29 is 13.2 Å². The second-order valence-corrected chi connectivity index (χ2v) is 6.24. The maximum absolute atomic E-state index is 13.0. The molecular formula is C14H14BrF3N4. The molecule has 0 radical (unpaired) electrons. The first kappa shape index (κ1) is 15.5. The van der Waals surface area contributed by atoms with Crippen LogP contribution < -0.4 is 4.90 Å². The third-order valence-electron chi connectivity index (χ3n) is 3.69. The summed E-state index contributed by atoms with van der Waals surface area (Å²) in [4.78, 5) is 11.5. The van der Waals surface area contributed by atoms with Gasteiger partial charge in [-0.25, -0.2) is 9.97 Å². The number of piperazine rings is 1. The number of likely N-dealkylation sites (N-methyl/N-ethyl adjacent to an activating group) is 1. The van der Waals surface area contributed by atoms with Gasteiger partial charge < -0.3 is 9.80 Å². The van der Waals surface area contributed by atoms with E-state index in [1.54, 1.807) is 18.2 Å². The van der Waals surface area contributed by atoms with E-state index in [4.69, 9.17) is 0 Å². The molecule has 4 nitrogen and oxygen atoms in total. The Morgan fingerprint density at radius 2 is 1.77 bits per heavy atom. The SMILES string of the molecule is CN1CCN(c2nc(C(F)(F)F)nc3ccc(Br)cc23)CC1. The Morgan fingerprint density at radius 3 is 2.41 bits per heavy atom. The van der Waals surface area contributed by atoms with Crippen LogP contribution in [0.2, 0.25) is 0 Å². The van der Waals surface area contributed by atoms with Crippen LogP contribution in [-0.2, 0) is 6.18 Å². The van der Waals surface area contributed by atoms with Crippen LogP contribution in [0.25, 0.3) is 10.9 Å². The molecule has 3 rings (SSSR count). The first-order valence-electron chi connectivity index (χ1n) is 6.82. The molecule has 1 aromatic carbocycles. The van der Waals surface area contributed by atoms with Gasteiger partial charge in [0.15, 0.2) is 0 Å². The zero-order valence-electron chi connectivity index (χ0n) is 11.9. The number of benzene rings is 1. The van der Waals surface area contributed by atoms with Crippen molar-refractivity contribution in [1.82, 2.24) is 14.9 Å². The lowest BCUT2D eigenvalue weighted by Crippen LogP contribution is -2.45. The van der Waals surface area contributed by atoms with E-state index in [1.807, 2.05) is 11.9 Å². The minimum atomic E-state index is -4.55. The number of nitrogens with zero attached hydrogens (tertiary/aromatic N) is 4. The zero-order chi connectivity index (χ0) is 15.9. The summed E-state index contributed by atoms with van der Waals surface area (Å²) in [6, 6.07) is 5.03. The molecule has 0 aliphatic carbocycles. The van der Waals surface area contributed by atoms with Gasteiger partial charge in [0, 0.05) is 36.0 Å². The van der Waals surface area contributed by atoms with Crippen molar-refractivity contribution in [2.75, 3.05) is 38.1 Å². The lowest BCUT2D eigenvalue weighted by Gasteiger charge is -2.34. The van der Waals surface area contributed by atoms with Gasteiger partial charge in [0.1, 0.15) is 5.82 Å². The van der Waals surface area contributed by atoms with E-state index in [9.17, 15) is 13.2 Å². The predicted molar refractivity (Wildman–Crippen MR) is 82.0 cm³/mol. The van der Waals surface area contributed by atoms with E-state index in [0.29, 0.717) is 29.8 Å². The highest BCUT2D eigenvalue weighted by atomic mass is 79.9. The largest absolute Gasteiger partial charge is 0.451 e. The lowest BCUT2D eigenvalue weighted by molar-refractivity contribution is -0.144. The number of hydrogen-bond acceptors (Lipinski definition) is 4. The smallest absolute Gasteiger partial charge is 0.353 e. The van der Waals surface area contributed by atoms with Crippen LogP contribution in [0, 0.1) is 0 Å². The Morgan fingerprint density at radius 1 is 1.09 bits per heavy atom. The Labute approximate surface area is 134 Å². The zero-order valence-corrected chi connectivity index (χ0v) is 13.4. The maximum atomic E-state index is 13.0. The fraction of sp³-hybridized carbons (Fsp3) is 0.429. The molecule has 0 atom stereocenters. The van der Waals surface area contributed by atoms with E-state index in [0.717, 1.165) is 17.6 Å². The Kier molecular flexibility index (Phi) is 3.98. The van der Waals surface area contributed by atoms with Crippen LogP contribution in [-0.4, -0.2) is 48.1 Å². The van der Waals surface area contributed by atoms with Crippen LogP contribution >= 0.6 is 15.9 Å². The van der Waals surface area contributed by atoms with Gasteiger partial charge in [-0.1, -0.05) is 15.9 Å². The van der Waals surface area contributed by atoms with Crippen molar-refractivity contribution in [1.29, 1.82) is 0 Å². The summed E-state index contributed by atoms with van der Waals surface area (Å²) >= 11 is 3.35. The van der Waals surface area contributed by atoms with Gasteiger partial charge in [0.05, 0.1) is 5.52 Å². The third kappa shape index (κ3) is 3.03. The van der Waals surface area contributed by atoms with Crippen LogP contribution in [0.5, 0.6) is 0 Å². The summed E-state index contributed by atoms with van der Waals surface area (Å²) in [5.74, 6) is -0.733. The second kappa shape index (κ2) is 5.66. The highest BCUT2D eigenvalue weighted by Gasteiger charge is 2.36. The predicted octanol–water partition coefficient (Wildman–Crippen LogP) is 3.16. The van der Waals surface area contributed by atoms with Gasteiger partial charge in [0.2, 0.25) is 5.82 Å². The molecule has 0 unspecified atom stereocenters. The fourth-order valence-electron chi connectivity index (χ4n) is 2.47. The summed E-state index contributed by atoms with van der Waals surface area (Å²) in [5, 5.41) is 0.631. The number of halogens is 4. The summed E-state index contributed by atoms with van der Waals surface area (Å²) in [6.45, 7) is 2.88. The Bertz CT molecular complexity index is 696. The van der Waals surface area contributed by atoms with E-state index >= 15 is 0 Å². The highest BCUT2D eigenvalue weighted by molar-refractivity contribution is 9.10. The third-order valence-corrected chi connectivity index (χ3v) is 4.19. The Hall–Kier alpha value is -1.41. The first-order valence-corrected chi connectivity index (χ1v) is 7.62. The number of rotatable bonds is 1. The highest BCUT2D eigenvalue weighted by Crippen LogP contribution is 2.33. The average Bonchev–Trinajstić information content (AvgIpc) is 2.46. The molecule has 1 aromatic heterocycles. The van der Waals surface area contributed by atoms with E-state index in [1.165, 1.54) is 0 Å². The van der Waals surface area contributed by atoms with E-state index in [2.05, 4.69) is 30.8 Å². The minimum Gasteiger partial charge on any atom is -0.353 e. The van der Waals surface area contributed by atoms with E-state index in [-0.39, 0.29) is 0 Å². The van der Waals surface area contributed by atoms with Crippen molar-refractivity contribution >= 4 is 32.7 Å². The van der Waals surface area contributed by atoms with Crippen molar-refractivity contribution in [2.24, 2.45) is 0 Å². The molecular weight excluding hydrogens is 361 g/mol. The normalized spacial score (nSPS) is 17.2. The van der Waals surface area contributed by atoms with Crippen LogP contribution in [0.15, 0.2) is 22.7 Å². The maximum Gasteiger partial charge on any atom is 0.451 e. The van der Waals surface area contributed by atoms with Crippen molar-refractivity contribution in [3.63, 3.8) is 0 Å². The summed E-state index contributed by atoms with van der Waals surface area (Å²) < 4.78 is 39.9. The molecule has 118 valence electrons. The molecule has 1 saturated heterocycles. The average molecular weight is 375 g/mol. The standard InChI is InChI=1S/C14H14BrF3N4/c1-21-4-6-22(7-5-21)12-10-8-9(15)2-3-11(10)19-13(20-12)14(16,17)18/h2-3,8H,4-7H2,1H3. The van der Waals surface area contributed by atoms with Crippen molar-refractivity contribution in [3.05, 3.63) is 28.5 Å². The minimum absolute atomic E-state index is 0.305. The molecule has 0 spiro atoms.